The summed E-state index contributed by atoms with van der Waals surface area (Å²) in [6, 6.07) is 0.928. The summed E-state index contributed by atoms with van der Waals surface area (Å²) in [6.45, 7) is 0.471. The molecule has 1 aromatic carbocycles. The quantitative estimate of drug-likeness (QED) is 0.762. The van der Waals surface area contributed by atoms with E-state index in [2.05, 4.69) is 0 Å². The fraction of sp³-hybridized carbons (Fsp3) is 0.455. The van der Waals surface area contributed by atoms with Gasteiger partial charge in [-0.2, -0.15) is 0 Å². The van der Waals surface area contributed by atoms with Crippen LogP contribution in [0.3, 0.4) is 0 Å². The first-order valence-electron chi connectivity index (χ1n) is 5.05. The Morgan fingerprint density at radius 1 is 1.31 bits per heavy atom. The first-order chi connectivity index (χ1) is 7.61. The van der Waals surface area contributed by atoms with Gasteiger partial charge in [0.25, 0.3) is 0 Å². The third-order valence-corrected chi connectivity index (χ3v) is 2.34. The van der Waals surface area contributed by atoms with Crippen molar-refractivity contribution >= 4 is 0 Å². The summed E-state index contributed by atoms with van der Waals surface area (Å²) in [6.07, 6.45) is 1.44. The zero-order valence-electron chi connectivity index (χ0n) is 9.09. The molecule has 16 heavy (non-hydrogen) atoms. The molecule has 0 fully saturated rings. The molecule has 0 aromatic heterocycles. The maximum absolute atomic E-state index is 13.6. The van der Waals surface area contributed by atoms with Crippen LogP contribution in [0, 0.1) is 11.6 Å². The van der Waals surface area contributed by atoms with Crippen molar-refractivity contribution in [2.24, 2.45) is 5.73 Å². The second-order valence-corrected chi connectivity index (χ2v) is 3.45. The van der Waals surface area contributed by atoms with Crippen LogP contribution in [0.4, 0.5) is 8.78 Å². The molecule has 90 valence electrons. The van der Waals surface area contributed by atoms with Crippen LogP contribution in [-0.4, -0.2) is 18.8 Å². The van der Waals surface area contributed by atoms with Gasteiger partial charge in [0.2, 0.25) is 0 Å². The van der Waals surface area contributed by atoms with Crippen molar-refractivity contribution in [3.8, 4) is 11.5 Å². The Kier molecular flexibility index (Phi) is 4.49. The summed E-state index contributed by atoms with van der Waals surface area (Å²) < 4.78 is 31.8. The van der Waals surface area contributed by atoms with Crippen LogP contribution >= 0.6 is 0 Å². The van der Waals surface area contributed by atoms with Crippen LogP contribution in [0.2, 0.25) is 0 Å². The third kappa shape index (κ3) is 2.61. The van der Waals surface area contributed by atoms with Gasteiger partial charge >= 0.3 is 0 Å². The molecule has 0 radical (unpaired) electrons. The molecule has 3 N–H and O–H groups in total. The Bertz CT molecular complexity index is 369. The number of ether oxygens (including phenoxy) is 1. The summed E-state index contributed by atoms with van der Waals surface area (Å²) in [5.74, 6) is -2.42. The summed E-state index contributed by atoms with van der Waals surface area (Å²) in [5, 5.41) is 9.25. The first-order valence-corrected chi connectivity index (χ1v) is 5.05. The van der Waals surface area contributed by atoms with E-state index in [1.165, 1.54) is 7.11 Å². The molecule has 0 aliphatic rings. The number of unbranched alkanes of at least 4 members (excludes halogenated alkanes) is 1. The Hall–Kier alpha value is -1.36. The van der Waals surface area contributed by atoms with E-state index in [0.29, 0.717) is 19.4 Å². The topological polar surface area (TPSA) is 55.5 Å². The fourth-order valence-electron chi connectivity index (χ4n) is 1.46. The van der Waals surface area contributed by atoms with Crippen molar-refractivity contribution in [3.05, 3.63) is 23.3 Å². The van der Waals surface area contributed by atoms with Gasteiger partial charge in [-0.15, -0.1) is 0 Å². The van der Waals surface area contributed by atoms with Crippen LogP contribution < -0.4 is 10.5 Å². The maximum Gasteiger partial charge on any atom is 0.171 e. The largest absolute Gasteiger partial charge is 0.505 e. The van der Waals surface area contributed by atoms with E-state index >= 15 is 0 Å². The summed E-state index contributed by atoms with van der Waals surface area (Å²) in [5.41, 5.74) is 5.15. The predicted molar refractivity (Wildman–Crippen MR) is 56.6 cm³/mol. The second-order valence-electron chi connectivity index (χ2n) is 3.45. The summed E-state index contributed by atoms with van der Waals surface area (Å²) in [7, 11) is 1.26. The van der Waals surface area contributed by atoms with Crippen molar-refractivity contribution in [1.29, 1.82) is 0 Å². The molecule has 0 aliphatic heterocycles. The highest BCUT2D eigenvalue weighted by molar-refractivity contribution is 5.41. The van der Waals surface area contributed by atoms with Crippen LogP contribution in [-0.2, 0) is 6.42 Å². The second kappa shape index (κ2) is 5.65. The number of hydrogen-bond acceptors (Lipinski definition) is 3. The molecule has 0 atom stereocenters. The highest BCUT2D eigenvalue weighted by Crippen LogP contribution is 2.31. The number of methoxy groups -OCH3 is 1. The number of rotatable bonds is 5. The molecule has 0 saturated carbocycles. The molecule has 1 aromatic rings. The zero-order chi connectivity index (χ0) is 12.1. The van der Waals surface area contributed by atoms with Gasteiger partial charge in [-0.1, -0.05) is 0 Å². The molecule has 0 amide bonds. The van der Waals surface area contributed by atoms with E-state index in [1.54, 1.807) is 0 Å². The normalized spacial score (nSPS) is 10.5. The van der Waals surface area contributed by atoms with Gasteiger partial charge in [-0.05, 0) is 25.8 Å². The van der Waals surface area contributed by atoms with Crippen molar-refractivity contribution < 1.29 is 18.6 Å². The van der Waals surface area contributed by atoms with E-state index in [0.717, 1.165) is 6.07 Å². The molecule has 0 bridgehead atoms. The van der Waals surface area contributed by atoms with Crippen LogP contribution in [0.25, 0.3) is 0 Å². The molecule has 0 heterocycles. The summed E-state index contributed by atoms with van der Waals surface area (Å²) in [4.78, 5) is 0. The van der Waals surface area contributed by atoms with Crippen LogP contribution in [0.1, 0.15) is 18.4 Å². The number of phenols is 1. The minimum atomic E-state index is -0.921. The lowest BCUT2D eigenvalue weighted by atomic mass is 10.1. The van der Waals surface area contributed by atoms with Gasteiger partial charge in [-0.3, -0.25) is 0 Å². The Morgan fingerprint density at radius 3 is 2.56 bits per heavy atom. The number of halogens is 2. The monoisotopic (exact) mass is 231 g/mol. The Morgan fingerprint density at radius 2 is 2.00 bits per heavy atom. The molecule has 0 spiro atoms. The molecule has 0 saturated heterocycles. The number of hydrogen-bond donors (Lipinski definition) is 2. The van der Waals surface area contributed by atoms with Crippen molar-refractivity contribution in [1.82, 2.24) is 0 Å². The van der Waals surface area contributed by atoms with Gasteiger partial charge < -0.3 is 15.6 Å². The molecule has 0 unspecified atom stereocenters. The van der Waals surface area contributed by atoms with Gasteiger partial charge in [0, 0.05) is 11.6 Å². The standard InChI is InChI=1S/C11H15F2NO2/c1-16-9-6-8(15)10(12)7(11(9)13)4-2-3-5-14/h6,15H,2-5,14H2,1H3. The maximum atomic E-state index is 13.6. The molecular formula is C11H15F2NO2. The molecule has 0 aliphatic carbocycles. The van der Waals surface area contributed by atoms with E-state index in [-0.39, 0.29) is 17.7 Å². The lowest BCUT2D eigenvalue weighted by Crippen LogP contribution is -2.03. The lowest BCUT2D eigenvalue weighted by Gasteiger charge is -2.10. The summed E-state index contributed by atoms with van der Waals surface area (Å²) >= 11 is 0. The van der Waals surface area contributed by atoms with Gasteiger partial charge in [0.05, 0.1) is 7.11 Å². The predicted octanol–water partition coefficient (Wildman–Crippen LogP) is 1.96. The van der Waals surface area contributed by atoms with Gasteiger partial charge in [0.1, 0.15) is 0 Å². The minimum absolute atomic E-state index is 0.148. The molecular weight excluding hydrogens is 216 g/mol. The van der Waals surface area contributed by atoms with Gasteiger partial charge in [-0.25, -0.2) is 8.78 Å². The van der Waals surface area contributed by atoms with E-state index in [1.807, 2.05) is 0 Å². The lowest BCUT2D eigenvalue weighted by molar-refractivity contribution is 0.365. The van der Waals surface area contributed by atoms with Crippen molar-refractivity contribution in [2.75, 3.05) is 13.7 Å². The smallest absolute Gasteiger partial charge is 0.171 e. The Labute approximate surface area is 92.8 Å². The van der Waals surface area contributed by atoms with Crippen LogP contribution in [0.5, 0.6) is 11.5 Å². The van der Waals surface area contributed by atoms with E-state index in [9.17, 15) is 13.9 Å². The number of aromatic hydroxyl groups is 1. The Balaban J connectivity index is 3.00. The average molecular weight is 231 g/mol. The van der Waals surface area contributed by atoms with Crippen LogP contribution in [0.15, 0.2) is 6.07 Å². The van der Waals surface area contributed by atoms with E-state index < -0.39 is 17.4 Å². The van der Waals surface area contributed by atoms with Crippen molar-refractivity contribution in [2.45, 2.75) is 19.3 Å². The highest BCUT2D eigenvalue weighted by atomic mass is 19.1. The SMILES string of the molecule is COc1cc(O)c(F)c(CCCCN)c1F. The average Bonchev–Trinajstić information content (AvgIpc) is 2.28. The number of nitrogens with two attached hydrogens (primary N) is 1. The molecule has 3 nitrogen and oxygen atoms in total. The van der Waals surface area contributed by atoms with E-state index in [4.69, 9.17) is 10.5 Å². The van der Waals surface area contributed by atoms with Gasteiger partial charge in [0.15, 0.2) is 23.1 Å². The molecule has 5 heteroatoms. The van der Waals surface area contributed by atoms with Crippen molar-refractivity contribution in [3.63, 3.8) is 0 Å². The minimum Gasteiger partial charge on any atom is -0.505 e. The number of phenolic OH excluding ortho intramolecular Hbond substituents is 1. The molecule has 1 rings (SSSR count). The number of benzene rings is 1. The highest BCUT2D eigenvalue weighted by Gasteiger charge is 2.18. The first kappa shape index (κ1) is 12.7. The third-order valence-electron chi connectivity index (χ3n) is 2.34. The fourth-order valence-corrected chi connectivity index (χ4v) is 1.46. The zero-order valence-corrected chi connectivity index (χ0v) is 9.09.